The molecule has 2 N–H and O–H groups in total. The average molecular weight is 346 g/mol. The monoisotopic (exact) mass is 346 g/mol. The number of fused-ring (bicyclic) bond motifs is 1. The van der Waals surface area contributed by atoms with Crippen molar-refractivity contribution in [1.29, 1.82) is 0 Å². The lowest BCUT2D eigenvalue weighted by Gasteiger charge is -2.32. The third kappa shape index (κ3) is 2.66. The van der Waals surface area contributed by atoms with Gasteiger partial charge >= 0.3 is 0 Å². The van der Waals surface area contributed by atoms with Crippen LogP contribution in [0.4, 0.5) is 0 Å². The fraction of sp³-hybridized carbons (Fsp3) is 0.556. The Balaban J connectivity index is 1.45. The Bertz CT molecular complexity index is 674. The van der Waals surface area contributed by atoms with E-state index in [0.29, 0.717) is 17.4 Å². The summed E-state index contributed by atoms with van der Waals surface area (Å²) in [4.78, 5) is 27.0. The van der Waals surface area contributed by atoms with Gasteiger partial charge < -0.3 is 15.3 Å². The van der Waals surface area contributed by atoms with Crippen LogP contribution in [0.15, 0.2) is 18.2 Å². The molecule has 0 unspecified atom stereocenters. The Labute approximate surface area is 145 Å². The first kappa shape index (κ1) is 15.8. The number of hydrogen-bond donors (Lipinski definition) is 2. The number of phenols is 1. The fourth-order valence-electron chi connectivity index (χ4n) is 3.82. The van der Waals surface area contributed by atoms with E-state index in [2.05, 4.69) is 5.32 Å². The molecule has 5 nitrogen and oxygen atoms in total. The Kier molecular flexibility index (Phi) is 4.16. The molecule has 0 aromatic heterocycles. The molecular weight excluding hydrogens is 324 g/mol. The van der Waals surface area contributed by atoms with Gasteiger partial charge in [0.2, 0.25) is 11.8 Å². The summed E-state index contributed by atoms with van der Waals surface area (Å²) >= 11 is 1.65. The van der Waals surface area contributed by atoms with Gasteiger partial charge in [0, 0.05) is 11.7 Å². The van der Waals surface area contributed by atoms with E-state index in [0.717, 1.165) is 43.2 Å². The Morgan fingerprint density at radius 1 is 1.25 bits per heavy atom. The van der Waals surface area contributed by atoms with E-state index in [9.17, 15) is 14.7 Å². The maximum absolute atomic E-state index is 12.8. The molecule has 4 rings (SSSR count). The molecule has 2 fully saturated rings. The molecule has 1 saturated carbocycles. The number of nitrogens with one attached hydrogen (secondary N) is 1. The number of aromatic hydroxyl groups is 1. The van der Waals surface area contributed by atoms with Crippen molar-refractivity contribution in [3.63, 3.8) is 0 Å². The van der Waals surface area contributed by atoms with E-state index in [1.54, 1.807) is 22.7 Å². The molecule has 1 heterocycles. The normalized spacial score (nSPS) is 26.1. The molecule has 1 aromatic carbocycles. The van der Waals surface area contributed by atoms with Gasteiger partial charge in [0.05, 0.1) is 11.9 Å². The minimum atomic E-state index is -0.357. The number of hydrogen-bond acceptors (Lipinski definition) is 4. The average Bonchev–Trinajstić information content (AvgIpc) is 3.13. The molecule has 2 amide bonds. The van der Waals surface area contributed by atoms with Gasteiger partial charge in [0.15, 0.2) is 0 Å². The van der Waals surface area contributed by atoms with Gasteiger partial charge in [-0.05, 0) is 42.9 Å². The summed E-state index contributed by atoms with van der Waals surface area (Å²) in [6.07, 6.45) is 4.62. The molecule has 1 aromatic rings. The Morgan fingerprint density at radius 2 is 2.08 bits per heavy atom. The minimum absolute atomic E-state index is 0.0612. The third-order valence-electron chi connectivity index (χ3n) is 5.48. The lowest BCUT2D eigenvalue weighted by molar-refractivity contribution is -0.143. The maximum Gasteiger partial charge on any atom is 0.244 e. The highest BCUT2D eigenvalue weighted by molar-refractivity contribution is 7.99. The van der Waals surface area contributed by atoms with E-state index in [1.807, 2.05) is 12.1 Å². The second-order valence-electron chi connectivity index (χ2n) is 6.90. The van der Waals surface area contributed by atoms with Crippen molar-refractivity contribution < 1.29 is 14.7 Å². The predicted molar refractivity (Wildman–Crippen MR) is 92.6 cm³/mol. The van der Waals surface area contributed by atoms with Crippen molar-refractivity contribution in [1.82, 2.24) is 10.2 Å². The van der Waals surface area contributed by atoms with Crippen molar-refractivity contribution in [3.05, 3.63) is 29.3 Å². The van der Waals surface area contributed by atoms with Crippen LogP contribution < -0.4 is 5.32 Å². The van der Waals surface area contributed by atoms with Crippen molar-refractivity contribution in [2.24, 2.45) is 5.92 Å². The maximum atomic E-state index is 12.8. The van der Waals surface area contributed by atoms with E-state index < -0.39 is 0 Å². The molecule has 3 aliphatic rings. The fourth-order valence-corrected chi connectivity index (χ4v) is 4.98. The van der Waals surface area contributed by atoms with Gasteiger partial charge in [-0.25, -0.2) is 0 Å². The van der Waals surface area contributed by atoms with Crippen LogP contribution in [0.3, 0.4) is 0 Å². The smallest absolute Gasteiger partial charge is 0.244 e. The van der Waals surface area contributed by atoms with Crippen molar-refractivity contribution in [2.45, 2.75) is 44.2 Å². The van der Waals surface area contributed by atoms with Crippen LogP contribution in [-0.4, -0.2) is 39.5 Å². The van der Waals surface area contributed by atoms with Gasteiger partial charge in [-0.2, -0.15) is 0 Å². The molecule has 6 heteroatoms. The zero-order chi connectivity index (χ0) is 16.7. The number of rotatable bonds is 3. The Hall–Kier alpha value is -1.69. The van der Waals surface area contributed by atoms with Crippen LogP contribution in [0, 0.1) is 5.92 Å². The number of benzene rings is 1. The van der Waals surface area contributed by atoms with Gasteiger partial charge in [0.25, 0.3) is 0 Å². The lowest BCUT2D eigenvalue weighted by Crippen LogP contribution is -2.50. The molecule has 1 aliphatic heterocycles. The number of carbonyl (C=O) groups excluding carboxylic acids is 2. The largest absolute Gasteiger partial charge is 0.508 e. The molecule has 128 valence electrons. The number of nitrogens with zero attached hydrogens (tertiary/aromatic N) is 1. The summed E-state index contributed by atoms with van der Waals surface area (Å²) in [5.74, 6) is 1.81. The summed E-state index contributed by atoms with van der Waals surface area (Å²) in [6, 6.07) is 5.05. The summed E-state index contributed by atoms with van der Waals surface area (Å²) in [6.45, 7) is 0. The van der Waals surface area contributed by atoms with Crippen LogP contribution in [0.25, 0.3) is 0 Å². The first-order valence-electron chi connectivity index (χ1n) is 8.64. The van der Waals surface area contributed by atoms with Crippen LogP contribution in [0.1, 0.15) is 42.9 Å². The summed E-state index contributed by atoms with van der Waals surface area (Å²) in [5, 5.41) is 13.0. The molecule has 2 aliphatic carbocycles. The van der Waals surface area contributed by atoms with Crippen molar-refractivity contribution in [2.75, 3.05) is 11.6 Å². The van der Waals surface area contributed by atoms with Crippen molar-refractivity contribution >= 4 is 23.6 Å². The number of amides is 2. The second kappa shape index (κ2) is 6.31. The zero-order valence-electron chi connectivity index (χ0n) is 13.5. The summed E-state index contributed by atoms with van der Waals surface area (Å²) in [5.41, 5.74) is 1.94. The Morgan fingerprint density at radius 3 is 2.83 bits per heavy atom. The highest BCUT2D eigenvalue weighted by Crippen LogP contribution is 2.37. The van der Waals surface area contributed by atoms with E-state index >= 15 is 0 Å². The minimum Gasteiger partial charge on any atom is -0.508 e. The van der Waals surface area contributed by atoms with Gasteiger partial charge in [-0.1, -0.05) is 18.6 Å². The predicted octanol–water partition coefficient (Wildman–Crippen LogP) is 2.20. The van der Waals surface area contributed by atoms with Gasteiger partial charge in [-0.15, -0.1) is 11.8 Å². The molecule has 2 atom stereocenters. The third-order valence-corrected chi connectivity index (χ3v) is 6.50. The molecule has 24 heavy (non-hydrogen) atoms. The molecule has 0 radical (unpaired) electrons. The van der Waals surface area contributed by atoms with Crippen molar-refractivity contribution in [3.8, 4) is 5.75 Å². The van der Waals surface area contributed by atoms with Crippen LogP contribution in [-0.2, 0) is 16.0 Å². The second-order valence-corrected chi connectivity index (χ2v) is 7.90. The molecule has 1 saturated heterocycles. The van der Waals surface area contributed by atoms with Gasteiger partial charge in [-0.3, -0.25) is 9.59 Å². The number of thioether (sulfide) groups is 1. The molecule has 0 bridgehead atoms. The zero-order valence-corrected chi connectivity index (χ0v) is 14.3. The van der Waals surface area contributed by atoms with E-state index in [4.69, 9.17) is 0 Å². The molecule has 0 spiro atoms. The number of phenolic OH excluding ortho intramolecular Hbond substituents is 1. The topological polar surface area (TPSA) is 69.6 Å². The summed E-state index contributed by atoms with van der Waals surface area (Å²) in [7, 11) is 0. The van der Waals surface area contributed by atoms with E-state index in [1.165, 1.54) is 0 Å². The van der Waals surface area contributed by atoms with E-state index in [-0.39, 0.29) is 29.8 Å². The quantitative estimate of drug-likeness (QED) is 0.880. The van der Waals surface area contributed by atoms with Gasteiger partial charge in [0.1, 0.15) is 11.8 Å². The summed E-state index contributed by atoms with van der Waals surface area (Å²) < 4.78 is 0. The first-order chi connectivity index (χ1) is 11.6. The standard InChI is InChI=1S/C18H22N2O3S/c21-16-6-2-5-12-13(16)7-8-14(12)19-17(22)15-9-24-10-20(15)18(23)11-3-1-4-11/h2,5-6,11,14-15,21H,1,3-4,7-10H2,(H,19,22)/t14-,15+/m1/s1. The first-order valence-corrected chi connectivity index (χ1v) is 9.80. The molecular formula is C18H22N2O3S. The SMILES string of the molecule is O=C(N[C@@H]1CCc2c(O)cccc21)[C@@H]1CSCN1C(=O)C1CCC1. The lowest BCUT2D eigenvalue weighted by atomic mass is 9.84. The highest BCUT2D eigenvalue weighted by Gasteiger charge is 2.40. The number of carbonyl (C=O) groups is 2. The van der Waals surface area contributed by atoms with Crippen LogP contribution in [0.2, 0.25) is 0 Å². The van der Waals surface area contributed by atoms with Crippen LogP contribution >= 0.6 is 11.8 Å². The van der Waals surface area contributed by atoms with Crippen LogP contribution in [0.5, 0.6) is 5.75 Å². The highest BCUT2D eigenvalue weighted by atomic mass is 32.2.